The second kappa shape index (κ2) is 9.59. The minimum Gasteiger partial charge on any atom is -0.351 e. The molecule has 1 fully saturated rings. The number of nitrogens with one attached hydrogen (secondary N) is 2. The van der Waals surface area contributed by atoms with Gasteiger partial charge in [0.15, 0.2) is 0 Å². The molecule has 5 nitrogen and oxygen atoms in total. The van der Waals surface area contributed by atoms with Crippen molar-refractivity contribution in [2.75, 3.05) is 19.6 Å². The lowest BCUT2D eigenvalue weighted by Gasteiger charge is -2.11. The number of halogens is 1. The van der Waals surface area contributed by atoms with Gasteiger partial charge >= 0.3 is 0 Å². The van der Waals surface area contributed by atoms with Crippen molar-refractivity contribution in [1.82, 2.24) is 20.6 Å². The van der Waals surface area contributed by atoms with Crippen LogP contribution in [0.5, 0.6) is 0 Å². The molecule has 0 bridgehead atoms. The number of carbonyl (C=O) groups is 1. The summed E-state index contributed by atoms with van der Waals surface area (Å²) >= 11 is 0. The van der Waals surface area contributed by atoms with Gasteiger partial charge in [-0.05, 0) is 55.6 Å². The molecule has 1 aromatic heterocycles. The van der Waals surface area contributed by atoms with Gasteiger partial charge in [-0.3, -0.25) is 4.79 Å². The molecule has 0 saturated carbocycles. The van der Waals surface area contributed by atoms with Crippen LogP contribution >= 0.6 is 0 Å². The molecule has 0 aliphatic carbocycles. The number of hydrogen-bond acceptors (Lipinski definition) is 4. The van der Waals surface area contributed by atoms with Gasteiger partial charge in [-0.25, -0.2) is 14.4 Å². The van der Waals surface area contributed by atoms with Crippen LogP contribution in [0.25, 0.3) is 11.3 Å². The van der Waals surface area contributed by atoms with E-state index in [4.69, 9.17) is 0 Å². The summed E-state index contributed by atoms with van der Waals surface area (Å²) in [4.78, 5) is 21.4. The molecule has 154 valence electrons. The Hall–Kier alpha value is -3.12. The minimum atomic E-state index is -0.497. The van der Waals surface area contributed by atoms with E-state index in [9.17, 15) is 9.18 Å². The molecule has 2 N–H and O–H groups in total. The third kappa shape index (κ3) is 5.07. The molecule has 1 atom stereocenters. The van der Waals surface area contributed by atoms with Crippen molar-refractivity contribution in [3.05, 3.63) is 83.6 Å². The summed E-state index contributed by atoms with van der Waals surface area (Å²) in [6.07, 6.45) is 4.16. The average molecular weight is 404 g/mol. The van der Waals surface area contributed by atoms with E-state index >= 15 is 0 Å². The van der Waals surface area contributed by atoms with Crippen molar-refractivity contribution in [2.24, 2.45) is 5.92 Å². The normalized spacial score (nSPS) is 15.8. The van der Waals surface area contributed by atoms with E-state index in [2.05, 4.69) is 20.6 Å². The first-order valence-corrected chi connectivity index (χ1v) is 10.3. The van der Waals surface area contributed by atoms with E-state index in [0.29, 0.717) is 24.7 Å². The molecule has 0 radical (unpaired) electrons. The maximum atomic E-state index is 14.2. The monoisotopic (exact) mass is 404 g/mol. The standard InChI is InChI=1S/C24H25FN4O/c25-21-7-6-17(14-18-8-11-26-16-18)15-20(21)24(30)28-13-10-23-27-12-9-22(29-23)19-4-2-1-3-5-19/h1-7,9,12,15,18,26H,8,10-11,13-14,16H2,(H,28,30). The first-order chi connectivity index (χ1) is 14.7. The van der Waals surface area contributed by atoms with Crippen LogP contribution in [0, 0.1) is 11.7 Å². The Bertz CT molecular complexity index is 1000. The number of rotatable bonds is 7. The van der Waals surface area contributed by atoms with Gasteiger partial charge in [-0.15, -0.1) is 0 Å². The third-order valence-corrected chi connectivity index (χ3v) is 5.37. The van der Waals surface area contributed by atoms with Crippen molar-refractivity contribution in [2.45, 2.75) is 19.3 Å². The lowest BCUT2D eigenvalue weighted by molar-refractivity contribution is 0.0950. The molecule has 30 heavy (non-hydrogen) atoms. The van der Waals surface area contributed by atoms with Crippen molar-refractivity contribution in [3.63, 3.8) is 0 Å². The predicted octanol–water partition coefficient (Wildman–Crippen LogP) is 3.41. The molecule has 0 spiro atoms. The molecule has 1 aliphatic rings. The summed E-state index contributed by atoms with van der Waals surface area (Å²) in [5.41, 5.74) is 2.94. The summed E-state index contributed by atoms with van der Waals surface area (Å²) in [7, 11) is 0. The van der Waals surface area contributed by atoms with E-state index in [-0.39, 0.29) is 5.56 Å². The molecule has 2 heterocycles. The van der Waals surface area contributed by atoms with Gasteiger partial charge < -0.3 is 10.6 Å². The van der Waals surface area contributed by atoms with Gasteiger partial charge in [0.2, 0.25) is 0 Å². The Morgan fingerprint density at radius 3 is 2.83 bits per heavy atom. The van der Waals surface area contributed by atoms with Gasteiger partial charge in [0.1, 0.15) is 11.6 Å². The first-order valence-electron chi connectivity index (χ1n) is 10.3. The van der Waals surface area contributed by atoms with Crippen LogP contribution in [-0.4, -0.2) is 35.5 Å². The van der Waals surface area contributed by atoms with Crippen molar-refractivity contribution in [3.8, 4) is 11.3 Å². The van der Waals surface area contributed by atoms with Gasteiger partial charge in [0.05, 0.1) is 11.3 Å². The average Bonchev–Trinajstić information content (AvgIpc) is 3.29. The van der Waals surface area contributed by atoms with Crippen molar-refractivity contribution in [1.29, 1.82) is 0 Å². The van der Waals surface area contributed by atoms with Crippen LogP contribution in [0.4, 0.5) is 4.39 Å². The topological polar surface area (TPSA) is 66.9 Å². The molecule has 3 aromatic rings. The Labute approximate surface area is 175 Å². The lowest BCUT2D eigenvalue weighted by atomic mass is 9.97. The van der Waals surface area contributed by atoms with E-state index in [0.717, 1.165) is 42.8 Å². The van der Waals surface area contributed by atoms with Crippen molar-refractivity contribution < 1.29 is 9.18 Å². The molecule has 1 amide bonds. The quantitative estimate of drug-likeness (QED) is 0.633. The zero-order valence-electron chi connectivity index (χ0n) is 16.8. The fraction of sp³-hybridized carbons (Fsp3) is 0.292. The van der Waals surface area contributed by atoms with E-state index in [1.165, 1.54) is 6.07 Å². The molecule has 1 saturated heterocycles. The maximum Gasteiger partial charge on any atom is 0.254 e. The predicted molar refractivity (Wildman–Crippen MR) is 115 cm³/mol. The number of benzene rings is 2. The largest absolute Gasteiger partial charge is 0.351 e. The van der Waals surface area contributed by atoms with E-state index in [1.54, 1.807) is 18.3 Å². The van der Waals surface area contributed by atoms with E-state index < -0.39 is 11.7 Å². The Balaban J connectivity index is 1.36. The molecule has 4 rings (SSSR count). The third-order valence-electron chi connectivity index (χ3n) is 5.37. The minimum absolute atomic E-state index is 0.0948. The van der Waals surface area contributed by atoms with Gasteiger partial charge in [0.25, 0.3) is 5.91 Å². The Morgan fingerprint density at radius 2 is 2.03 bits per heavy atom. The first kappa shape index (κ1) is 20.2. The number of aromatic nitrogens is 2. The number of carbonyl (C=O) groups excluding carboxylic acids is 1. The van der Waals surface area contributed by atoms with Crippen molar-refractivity contribution >= 4 is 5.91 Å². The van der Waals surface area contributed by atoms with Crippen LogP contribution < -0.4 is 10.6 Å². The van der Waals surface area contributed by atoms with Crippen LogP contribution in [0.15, 0.2) is 60.8 Å². The highest BCUT2D eigenvalue weighted by molar-refractivity contribution is 5.94. The molecular formula is C24H25FN4O. The smallest absolute Gasteiger partial charge is 0.254 e. The number of amides is 1. The van der Waals surface area contributed by atoms with Crippen LogP contribution in [-0.2, 0) is 12.8 Å². The molecule has 1 unspecified atom stereocenters. The summed E-state index contributed by atoms with van der Waals surface area (Å²) in [5.74, 6) is 0.279. The molecular weight excluding hydrogens is 379 g/mol. The van der Waals surface area contributed by atoms with Gasteiger partial charge in [-0.1, -0.05) is 36.4 Å². The Morgan fingerprint density at radius 1 is 1.17 bits per heavy atom. The zero-order valence-corrected chi connectivity index (χ0v) is 16.8. The molecule has 1 aliphatic heterocycles. The van der Waals surface area contributed by atoms with Gasteiger partial charge in [-0.2, -0.15) is 0 Å². The van der Waals surface area contributed by atoms with Crippen LogP contribution in [0.1, 0.15) is 28.2 Å². The zero-order chi connectivity index (χ0) is 20.8. The summed E-state index contributed by atoms with van der Waals surface area (Å²) in [6, 6.07) is 16.6. The highest BCUT2D eigenvalue weighted by atomic mass is 19.1. The SMILES string of the molecule is O=C(NCCc1nccc(-c2ccccc2)n1)c1cc(CC2CCNC2)ccc1F. The second-order valence-electron chi connectivity index (χ2n) is 7.61. The second-order valence-corrected chi connectivity index (χ2v) is 7.61. The fourth-order valence-electron chi connectivity index (χ4n) is 3.77. The van der Waals surface area contributed by atoms with Crippen LogP contribution in [0.3, 0.4) is 0 Å². The maximum absolute atomic E-state index is 14.2. The molecule has 6 heteroatoms. The van der Waals surface area contributed by atoms with Crippen LogP contribution in [0.2, 0.25) is 0 Å². The van der Waals surface area contributed by atoms with E-state index in [1.807, 2.05) is 36.4 Å². The summed E-state index contributed by atoms with van der Waals surface area (Å²) < 4.78 is 14.2. The summed E-state index contributed by atoms with van der Waals surface area (Å²) in [5, 5.41) is 6.13. The number of hydrogen-bond donors (Lipinski definition) is 2. The highest BCUT2D eigenvalue weighted by Gasteiger charge is 2.17. The Kier molecular flexibility index (Phi) is 6.44. The fourth-order valence-corrected chi connectivity index (χ4v) is 3.77. The molecule has 2 aromatic carbocycles. The number of nitrogens with zero attached hydrogens (tertiary/aromatic N) is 2. The lowest BCUT2D eigenvalue weighted by Crippen LogP contribution is -2.27. The highest BCUT2D eigenvalue weighted by Crippen LogP contribution is 2.18. The van der Waals surface area contributed by atoms with Gasteiger partial charge in [0, 0.05) is 24.7 Å². The summed E-state index contributed by atoms with van der Waals surface area (Å²) in [6.45, 7) is 2.33.